The predicted molar refractivity (Wildman–Crippen MR) is 49.8 cm³/mol. The largest absolute Gasteiger partial charge is 0.468 e. The van der Waals surface area contributed by atoms with Crippen molar-refractivity contribution in [1.82, 2.24) is 0 Å². The molecule has 0 rings (SSSR count). The minimum atomic E-state index is -0.955. The van der Waals surface area contributed by atoms with Gasteiger partial charge in [-0.2, -0.15) is 5.26 Å². The second-order valence-electron chi connectivity index (χ2n) is 3.24. The number of hydrogen-bond donors (Lipinski definition) is 0. The number of nitriles is 1. The summed E-state index contributed by atoms with van der Waals surface area (Å²) in [6.45, 7) is 5.71. The molecule has 0 saturated heterocycles. The molecule has 0 radical (unpaired) electrons. The molecule has 3 heteroatoms. The second kappa shape index (κ2) is 4.86. The zero-order valence-electron chi connectivity index (χ0n) is 8.76. The zero-order valence-corrected chi connectivity index (χ0v) is 8.76. The van der Waals surface area contributed by atoms with Crippen molar-refractivity contribution in [1.29, 1.82) is 5.26 Å². The number of hydrogen-bond acceptors (Lipinski definition) is 3. The average Bonchev–Trinajstić information content (AvgIpc) is 2.19. The molecule has 2 atom stereocenters. The van der Waals surface area contributed by atoms with Gasteiger partial charge in [-0.25, -0.2) is 0 Å². The fourth-order valence-corrected chi connectivity index (χ4v) is 1.46. The van der Waals surface area contributed by atoms with Gasteiger partial charge in [0, 0.05) is 0 Å². The molecule has 0 aliphatic carbocycles. The van der Waals surface area contributed by atoms with Gasteiger partial charge >= 0.3 is 5.97 Å². The van der Waals surface area contributed by atoms with E-state index in [0.29, 0.717) is 6.42 Å². The summed E-state index contributed by atoms with van der Waals surface area (Å²) in [5.74, 6) is -0.373. The molecule has 0 aliphatic rings. The molecule has 0 aromatic heterocycles. The summed E-state index contributed by atoms with van der Waals surface area (Å²) in [6.07, 6.45) is 1.31. The molecule has 2 unspecified atom stereocenters. The van der Waals surface area contributed by atoms with Crippen LogP contribution < -0.4 is 0 Å². The highest BCUT2D eigenvalue weighted by Crippen LogP contribution is 2.34. The van der Waals surface area contributed by atoms with E-state index in [1.807, 2.05) is 20.8 Å². The molecule has 0 N–H and O–H groups in total. The van der Waals surface area contributed by atoms with Gasteiger partial charge in [-0.3, -0.25) is 4.79 Å². The molecule has 0 heterocycles. The molecular formula is C10H17NO2. The van der Waals surface area contributed by atoms with Crippen LogP contribution in [0.25, 0.3) is 0 Å². The number of ether oxygens (including phenoxy) is 1. The highest BCUT2D eigenvalue weighted by atomic mass is 16.5. The molecule has 0 amide bonds. The molecular weight excluding hydrogens is 166 g/mol. The van der Waals surface area contributed by atoms with Crippen molar-refractivity contribution >= 4 is 5.97 Å². The third-order valence-electron chi connectivity index (χ3n) is 2.76. The lowest BCUT2D eigenvalue weighted by Crippen LogP contribution is -2.36. The molecule has 0 aromatic carbocycles. The fourth-order valence-electron chi connectivity index (χ4n) is 1.46. The SMILES string of the molecule is CCC(C)C(C#N)(CC)C(=O)OC. The molecule has 0 aliphatic heterocycles. The predicted octanol–water partition coefficient (Wildman–Crippen LogP) is 2.13. The smallest absolute Gasteiger partial charge is 0.326 e. The van der Waals surface area contributed by atoms with Crippen LogP contribution in [-0.2, 0) is 9.53 Å². The van der Waals surface area contributed by atoms with Crippen molar-refractivity contribution in [2.75, 3.05) is 7.11 Å². The van der Waals surface area contributed by atoms with Crippen molar-refractivity contribution < 1.29 is 9.53 Å². The van der Waals surface area contributed by atoms with Crippen LogP contribution in [0.2, 0.25) is 0 Å². The van der Waals surface area contributed by atoms with E-state index in [9.17, 15) is 4.79 Å². The Morgan fingerprint density at radius 3 is 2.38 bits per heavy atom. The molecule has 0 fully saturated rings. The van der Waals surface area contributed by atoms with Gasteiger partial charge in [0.2, 0.25) is 0 Å². The van der Waals surface area contributed by atoms with E-state index in [2.05, 4.69) is 10.8 Å². The summed E-state index contributed by atoms with van der Waals surface area (Å²) in [7, 11) is 1.33. The molecule has 0 aromatic rings. The van der Waals surface area contributed by atoms with Gasteiger partial charge in [-0.15, -0.1) is 0 Å². The first-order chi connectivity index (χ1) is 6.08. The first-order valence-electron chi connectivity index (χ1n) is 4.58. The Hall–Kier alpha value is -1.04. The Morgan fingerprint density at radius 2 is 2.15 bits per heavy atom. The Labute approximate surface area is 79.7 Å². The van der Waals surface area contributed by atoms with Crippen molar-refractivity contribution in [2.24, 2.45) is 11.3 Å². The Morgan fingerprint density at radius 1 is 1.62 bits per heavy atom. The monoisotopic (exact) mass is 183 g/mol. The molecule has 0 saturated carbocycles. The lowest BCUT2D eigenvalue weighted by molar-refractivity contribution is -0.152. The normalized spacial score (nSPS) is 16.8. The maximum absolute atomic E-state index is 11.5. The number of carbonyl (C=O) groups excluding carboxylic acids is 1. The standard InChI is InChI=1S/C10H17NO2/c1-5-8(3)10(6-2,7-11)9(12)13-4/h8H,5-6H2,1-4H3. The van der Waals surface area contributed by atoms with E-state index in [4.69, 9.17) is 5.26 Å². The number of methoxy groups -OCH3 is 1. The van der Waals surface area contributed by atoms with Crippen LogP contribution in [0.5, 0.6) is 0 Å². The summed E-state index contributed by atoms with van der Waals surface area (Å²) in [5, 5.41) is 9.03. The van der Waals surface area contributed by atoms with Gasteiger partial charge in [-0.05, 0) is 12.3 Å². The molecule has 3 nitrogen and oxygen atoms in total. The van der Waals surface area contributed by atoms with E-state index < -0.39 is 11.4 Å². The molecule has 13 heavy (non-hydrogen) atoms. The lowest BCUT2D eigenvalue weighted by Gasteiger charge is -2.27. The first kappa shape index (κ1) is 12.0. The maximum atomic E-state index is 11.5. The third kappa shape index (κ3) is 2.00. The van der Waals surface area contributed by atoms with Crippen LogP contribution in [0.3, 0.4) is 0 Å². The van der Waals surface area contributed by atoms with Gasteiger partial charge in [-0.1, -0.05) is 27.2 Å². The number of rotatable bonds is 4. The van der Waals surface area contributed by atoms with Crippen LogP contribution >= 0.6 is 0 Å². The van der Waals surface area contributed by atoms with E-state index in [0.717, 1.165) is 6.42 Å². The first-order valence-corrected chi connectivity index (χ1v) is 4.58. The van der Waals surface area contributed by atoms with Gasteiger partial charge < -0.3 is 4.74 Å². The fraction of sp³-hybridized carbons (Fsp3) is 0.800. The van der Waals surface area contributed by atoms with Crippen molar-refractivity contribution in [3.8, 4) is 6.07 Å². The van der Waals surface area contributed by atoms with E-state index in [1.165, 1.54) is 7.11 Å². The van der Waals surface area contributed by atoms with Gasteiger partial charge in [0.15, 0.2) is 5.41 Å². The summed E-state index contributed by atoms with van der Waals surface area (Å²) in [6, 6.07) is 2.09. The van der Waals surface area contributed by atoms with Gasteiger partial charge in [0.1, 0.15) is 0 Å². The molecule has 74 valence electrons. The highest BCUT2D eigenvalue weighted by Gasteiger charge is 2.42. The lowest BCUT2D eigenvalue weighted by atomic mass is 9.74. The quantitative estimate of drug-likeness (QED) is 0.627. The van der Waals surface area contributed by atoms with E-state index in [-0.39, 0.29) is 5.92 Å². The second-order valence-corrected chi connectivity index (χ2v) is 3.24. The van der Waals surface area contributed by atoms with Crippen LogP contribution in [0.1, 0.15) is 33.6 Å². The van der Waals surface area contributed by atoms with Gasteiger partial charge in [0.25, 0.3) is 0 Å². The third-order valence-corrected chi connectivity index (χ3v) is 2.76. The van der Waals surface area contributed by atoms with Crippen molar-refractivity contribution in [3.05, 3.63) is 0 Å². The highest BCUT2D eigenvalue weighted by molar-refractivity contribution is 5.80. The Balaban J connectivity index is 4.93. The minimum Gasteiger partial charge on any atom is -0.468 e. The van der Waals surface area contributed by atoms with Crippen LogP contribution in [0, 0.1) is 22.7 Å². The van der Waals surface area contributed by atoms with Crippen LogP contribution in [-0.4, -0.2) is 13.1 Å². The minimum absolute atomic E-state index is 0.0370. The van der Waals surface area contributed by atoms with Crippen molar-refractivity contribution in [3.63, 3.8) is 0 Å². The number of esters is 1. The summed E-state index contributed by atoms with van der Waals surface area (Å²) in [5.41, 5.74) is -0.955. The average molecular weight is 183 g/mol. The molecule has 0 spiro atoms. The summed E-state index contributed by atoms with van der Waals surface area (Å²) >= 11 is 0. The number of carbonyl (C=O) groups is 1. The van der Waals surface area contributed by atoms with Crippen molar-refractivity contribution in [2.45, 2.75) is 33.6 Å². The maximum Gasteiger partial charge on any atom is 0.326 e. The zero-order chi connectivity index (χ0) is 10.5. The van der Waals surface area contributed by atoms with Gasteiger partial charge in [0.05, 0.1) is 13.2 Å². The van der Waals surface area contributed by atoms with E-state index in [1.54, 1.807) is 0 Å². The summed E-state index contributed by atoms with van der Waals surface area (Å²) < 4.78 is 4.66. The molecule has 0 bridgehead atoms. The summed E-state index contributed by atoms with van der Waals surface area (Å²) in [4.78, 5) is 11.5. The van der Waals surface area contributed by atoms with Crippen LogP contribution in [0.4, 0.5) is 0 Å². The number of nitrogens with zero attached hydrogens (tertiary/aromatic N) is 1. The Bertz CT molecular complexity index is 219. The van der Waals surface area contributed by atoms with E-state index >= 15 is 0 Å². The Kier molecular flexibility index (Phi) is 4.47. The topological polar surface area (TPSA) is 50.1 Å². The van der Waals surface area contributed by atoms with Crippen LogP contribution in [0.15, 0.2) is 0 Å².